The van der Waals surface area contributed by atoms with Crippen molar-refractivity contribution in [2.75, 3.05) is 11.9 Å². The van der Waals surface area contributed by atoms with E-state index in [9.17, 15) is 27.2 Å². The van der Waals surface area contributed by atoms with Crippen molar-refractivity contribution in [1.82, 2.24) is 4.90 Å². The second-order valence-electron chi connectivity index (χ2n) is 6.75. The first kappa shape index (κ1) is 22.8. The normalized spacial score (nSPS) is 11.5. The van der Waals surface area contributed by atoms with Gasteiger partial charge in [0, 0.05) is 6.08 Å². The van der Waals surface area contributed by atoms with Crippen LogP contribution in [-0.2, 0) is 22.3 Å². The number of carbonyl (C=O) groups excluding carboxylic acids is 2. The Morgan fingerprint density at radius 2 is 1.81 bits per heavy atom. The third-order valence-electron chi connectivity index (χ3n) is 4.35. The van der Waals surface area contributed by atoms with E-state index in [4.69, 9.17) is 4.42 Å². The number of nitrogens with zero attached hydrogens (tertiary/aromatic N) is 1. The number of amides is 2. The van der Waals surface area contributed by atoms with E-state index in [1.54, 1.807) is 18.2 Å². The Balaban J connectivity index is 1.76. The number of furan rings is 1. The first-order valence-corrected chi connectivity index (χ1v) is 9.43. The summed E-state index contributed by atoms with van der Waals surface area (Å²) in [5, 5.41) is 2.21. The van der Waals surface area contributed by atoms with Gasteiger partial charge in [0.1, 0.15) is 18.1 Å². The number of benzene rings is 2. The van der Waals surface area contributed by atoms with Crippen molar-refractivity contribution in [3.05, 3.63) is 95.7 Å². The molecule has 0 radical (unpaired) electrons. The summed E-state index contributed by atoms with van der Waals surface area (Å²) in [4.78, 5) is 26.3. The summed E-state index contributed by atoms with van der Waals surface area (Å²) in [6, 6.07) is 13.3. The Morgan fingerprint density at radius 1 is 1.03 bits per heavy atom. The molecule has 0 bridgehead atoms. The number of alkyl halides is 3. The number of anilines is 1. The van der Waals surface area contributed by atoms with Gasteiger partial charge in [-0.15, -0.1) is 0 Å². The molecule has 0 saturated carbocycles. The van der Waals surface area contributed by atoms with Gasteiger partial charge in [-0.2, -0.15) is 13.2 Å². The number of hydrogen-bond acceptors (Lipinski definition) is 3. The van der Waals surface area contributed by atoms with E-state index >= 15 is 0 Å². The van der Waals surface area contributed by atoms with Crippen LogP contribution in [0.25, 0.3) is 6.08 Å². The van der Waals surface area contributed by atoms with Gasteiger partial charge in [0.25, 0.3) is 0 Å². The van der Waals surface area contributed by atoms with Crippen LogP contribution in [-0.4, -0.2) is 23.3 Å². The Bertz CT molecular complexity index is 1110. The fourth-order valence-electron chi connectivity index (χ4n) is 2.89. The SMILES string of the molecule is O=C(CN(Cc1ccco1)C(=O)C=Cc1cccc(F)c1)Nc1ccccc1C(F)(F)F. The highest BCUT2D eigenvalue weighted by atomic mass is 19.4. The van der Waals surface area contributed by atoms with Gasteiger partial charge in [0.15, 0.2) is 0 Å². The van der Waals surface area contributed by atoms with Gasteiger partial charge in [-0.25, -0.2) is 4.39 Å². The maximum atomic E-state index is 13.3. The van der Waals surface area contributed by atoms with Crippen molar-refractivity contribution in [3.8, 4) is 0 Å². The van der Waals surface area contributed by atoms with Crippen molar-refractivity contribution in [1.29, 1.82) is 0 Å². The summed E-state index contributed by atoms with van der Waals surface area (Å²) in [5.74, 6) is -1.53. The Kier molecular flexibility index (Phi) is 7.09. The molecule has 166 valence electrons. The van der Waals surface area contributed by atoms with E-state index in [0.717, 1.165) is 23.1 Å². The molecular weight excluding hydrogens is 428 g/mol. The Hall–Kier alpha value is -3.88. The molecule has 0 aliphatic rings. The third-order valence-corrected chi connectivity index (χ3v) is 4.35. The molecule has 1 heterocycles. The van der Waals surface area contributed by atoms with Crippen molar-refractivity contribution in [2.24, 2.45) is 0 Å². The van der Waals surface area contributed by atoms with Crippen molar-refractivity contribution < 1.29 is 31.6 Å². The topological polar surface area (TPSA) is 62.6 Å². The van der Waals surface area contributed by atoms with Crippen LogP contribution in [0.5, 0.6) is 0 Å². The van der Waals surface area contributed by atoms with Gasteiger partial charge in [0.05, 0.1) is 24.1 Å². The van der Waals surface area contributed by atoms with E-state index in [1.807, 2.05) is 0 Å². The van der Waals surface area contributed by atoms with Gasteiger partial charge >= 0.3 is 6.18 Å². The van der Waals surface area contributed by atoms with Crippen LogP contribution in [0, 0.1) is 5.82 Å². The lowest BCUT2D eigenvalue weighted by Gasteiger charge is -2.20. The molecule has 2 aromatic carbocycles. The average molecular weight is 446 g/mol. The number of nitrogens with one attached hydrogen (secondary N) is 1. The lowest BCUT2D eigenvalue weighted by atomic mass is 10.1. The largest absolute Gasteiger partial charge is 0.467 e. The lowest BCUT2D eigenvalue weighted by Crippen LogP contribution is -2.36. The average Bonchev–Trinajstić information content (AvgIpc) is 3.24. The van der Waals surface area contributed by atoms with Gasteiger partial charge < -0.3 is 14.6 Å². The Morgan fingerprint density at radius 3 is 2.50 bits per heavy atom. The predicted octanol–water partition coefficient (Wildman–Crippen LogP) is 5.12. The second kappa shape index (κ2) is 9.95. The molecule has 5 nitrogen and oxygen atoms in total. The van der Waals surface area contributed by atoms with Gasteiger partial charge in [-0.1, -0.05) is 24.3 Å². The van der Waals surface area contributed by atoms with E-state index in [-0.39, 0.29) is 6.54 Å². The zero-order valence-electron chi connectivity index (χ0n) is 16.6. The molecule has 32 heavy (non-hydrogen) atoms. The van der Waals surface area contributed by atoms with E-state index < -0.39 is 41.6 Å². The van der Waals surface area contributed by atoms with Crippen LogP contribution in [0.3, 0.4) is 0 Å². The molecule has 0 aliphatic heterocycles. The molecule has 3 aromatic rings. The van der Waals surface area contributed by atoms with Crippen molar-refractivity contribution in [2.45, 2.75) is 12.7 Å². The smallest absolute Gasteiger partial charge is 0.418 e. The zero-order chi connectivity index (χ0) is 23.1. The molecule has 2 amide bonds. The van der Waals surface area contributed by atoms with Gasteiger partial charge in [0.2, 0.25) is 11.8 Å². The maximum absolute atomic E-state index is 13.3. The van der Waals surface area contributed by atoms with E-state index in [0.29, 0.717) is 11.3 Å². The maximum Gasteiger partial charge on any atom is 0.418 e. The number of para-hydroxylation sites is 1. The van der Waals surface area contributed by atoms with E-state index in [2.05, 4.69) is 5.32 Å². The minimum absolute atomic E-state index is 0.0896. The number of halogens is 4. The number of carbonyl (C=O) groups is 2. The summed E-state index contributed by atoms with van der Waals surface area (Å²) < 4.78 is 58.0. The third kappa shape index (κ3) is 6.31. The van der Waals surface area contributed by atoms with Crippen LogP contribution in [0.1, 0.15) is 16.9 Å². The minimum Gasteiger partial charge on any atom is -0.467 e. The Labute approximate surface area is 180 Å². The zero-order valence-corrected chi connectivity index (χ0v) is 16.6. The highest BCUT2D eigenvalue weighted by Gasteiger charge is 2.33. The lowest BCUT2D eigenvalue weighted by molar-refractivity contribution is -0.137. The molecule has 0 aliphatic carbocycles. The predicted molar refractivity (Wildman–Crippen MR) is 110 cm³/mol. The van der Waals surface area contributed by atoms with Crippen LogP contribution in [0.15, 0.2) is 77.4 Å². The fourth-order valence-corrected chi connectivity index (χ4v) is 2.89. The van der Waals surface area contributed by atoms with Gasteiger partial charge in [-0.05, 0) is 48.0 Å². The monoisotopic (exact) mass is 446 g/mol. The molecule has 9 heteroatoms. The molecule has 1 aromatic heterocycles. The molecule has 3 rings (SSSR count). The molecule has 0 saturated heterocycles. The summed E-state index contributed by atoms with van der Waals surface area (Å²) in [6.07, 6.45) is -0.743. The molecule has 0 unspecified atom stereocenters. The molecule has 1 N–H and O–H groups in total. The fraction of sp³-hybridized carbons (Fsp3) is 0.130. The van der Waals surface area contributed by atoms with Crippen molar-refractivity contribution in [3.63, 3.8) is 0 Å². The highest BCUT2D eigenvalue weighted by molar-refractivity contribution is 5.98. The molecular formula is C23H18F4N2O3. The first-order valence-electron chi connectivity index (χ1n) is 9.43. The van der Waals surface area contributed by atoms with E-state index in [1.165, 1.54) is 42.7 Å². The number of rotatable bonds is 7. The quantitative estimate of drug-likeness (QED) is 0.405. The van der Waals surface area contributed by atoms with Crippen LogP contribution in [0.2, 0.25) is 0 Å². The minimum atomic E-state index is -4.65. The second-order valence-corrected chi connectivity index (χ2v) is 6.75. The van der Waals surface area contributed by atoms with Crippen LogP contribution in [0.4, 0.5) is 23.2 Å². The van der Waals surface area contributed by atoms with Crippen LogP contribution < -0.4 is 5.32 Å². The van der Waals surface area contributed by atoms with Gasteiger partial charge in [-0.3, -0.25) is 9.59 Å². The van der Waals surface area contributed by atoms with Crippen LogP contribution >= 0.6 is 0 Å². The van der Waals surface area contributed by atoms with Crippen molar-refractivity contribution >= 4 is 23.6 Å². The molecule has 0 spiro atoms. The molecule has 0 atom stereocenters. The number of hydrogen-bond donors (Lipinski definition) is 1. The standard InChI is InChI=1S/C23H18F4N2O3/c24-17-6-3-5-16(13-17)10-11-22(31)29(14-18-7-4-12-32-18)15-21(30)28-20-9-2-1-8-19(20)23(25,26)27/h1-13H,14-15H2,(H,28,30). The first-order chi connectivity index (χ1) is 15.2. The highest BCUT2D eigenvalue weighted by Crippen LogP contribution is 2.34. The molecule has 0 fully saturated rings. The summed E-state index contributed by atoms with van der Waals surface area (Å²) in [5.41, 5.74) is -0.978. The summed E-state index contributed by atoms with van der Waals surface area (Å²) >= 11 is 0. The summed E-state index contributed by atoms with van der Waals surface area (Å²) in [7, 11) is 0. The summed E-state index contributed by atoms with van der Waals surface area (Å²) in [6.45, 7) is -0.618.